The van der Waals surface area contributed by atoms with E-state index in [0.717, 1.165) is 11.8 Å². The predicted octanol–water partition coefficient (Wildman–Crippen LogP) is 9.12. The average molecular weight is 472 g/mol. The van der Waals surface area contributed by atoms with E-state index < -0.39 is 0 Å². The van der Waals surface area contributed by atoms with Crippen LogP contribution in [0.15, 0.2) is 91.0 Å². The molecule has 0 aliphatic carbocycles. The van der Waals surface area contributed by atoms with Crippen LogP contribution >= 0.6 is 15.9 Å². The lowest BCUT2D eigenvalue weighted by Gasteiger charge is -2.27. The van der Waals surface area contributed by atoms with Gasteiger partial charge in [0.1, 0.15) is 0 Å². The Morgan fingerprint density at radius 2 is 1.26 bits per heavy atom. The zero-order valence-corrected chi connectivity index (χ0v) is 19.8. The molecule has 0 aliphatic heterocycles. The van der Waals surface area contributed by atoms with Crippen molar-refractivity contribution in [2.75, 3.05) is 10.2 Å². The third-order valence-electron chi connectivity index (χ3n) is 5.87. The van der Waals surface area contributed by atoms with Crippen LogP contribution in [-0.4, -0.2) is 5.33 Å². The van der Waals surface area contributed by atoms with Crippen molar-refractivity contribution in [3.8, 4) is 0 Å². The minimum Gasteiger partial charge on any atom is -0.310 e. The van der Waals surface area contributed by atoms with E-state index in [2.05, 4.69) is 119 Å². The maximum Gasteiger partial charge on any atom is 0.0540 e. The first-order chi connectivity index (χ1) is 15.3. The Bertz CT molecular complexity index is 1100. The molecule has 158 valence electrons. The molecule has 0 heterocycles. The van der Waals surface area contributed by atoms with Gasteiger partial charge in [-0.05, 0) is 67.5 Å². The summed E-state index contributed by atoms with van der Waals surface area (Å²) in [4.78, 5) is 2.38. The van der Waals surface area contributed by atoms with Crippen LogP contribution in [0.2, 0.25) is 0 Å². The van der Waals surface area contributed by atoms with Crippen LogP contribution in [0.5, 0.6) is 0 Å². The minimum atomic E-state index is 1.11. The Labute approximate surface area is 194 Å². The Morgan fingerprint density at radius 1 is 0.613 bits per heavy atom. The summed E-state index contributed by atoms with van der Waals surface area (Å²) in [5.74, 6) is 0. The van der Waals surface area contributed by atoms with Gasteiger partial charge in [0.15, 0.2) is 0 Å². The number of unbranched alkanes of at least 4 members (excludes halogenated alkanes) is 3. The zero-order valence-electron chi connectivity index (χ0n) is 18.2. The number of halogens is 1. The van der Waals surface area contributed by atoms with Crippen molar-refractivity contribution < 1.29 is 0 Å². The summed E-state index contributed by atoms with van der Waals surface area (Å²) in [6.07, 6.45) is 6.25. The van der Waals surface area contributed by atoms with Crippen molar-refractivity contribution in [2.45, 2.75) is 39.0 Å². The largest absolute Gasteiger partial charge is 0.310 e. The van der Waals surface area contributed by atoms with Gasteiger partial charge in [-0.2, -0.15) is 0 Å². The second kappa shape index (κ2) is 10.6. The molecule has 31 heavy (non-hydrogen) atoms. The second-order valence-electron chi connectivity index (χ2n) is 8.15. The summed E-state index contributed by atoms with van der Waals surface area (Å²) in [5.41, 5.74) is 6.32. The fourth-order valence-electron chi connectivity index (χ4n) is 4.22. The summed E-state index contributed by atoms with van der Waals surface area (Å²) in [7, 11) is 0. The molecule has 0 saturated carbocycles. The maximum absolute atomic E-state index is 3.54. The molecule has 0 amide bonds. The average Bonchev–Trinajstić information content (AvgIpc) is 2.82. The summed E-state index contributed by atoms with van der Waals surface area (Å²) in [6, 6.07) is 33.0. The summed E-state index contributed by atoms with van der Waals surface area (Å²) >= 11 is 3.54. The van der Waals surface area contributed by atoms with E-state index in [-0.39, 0.29) is 0 Å². The molecule has 4 aromatic rings. The van der Waals surface area contributed by atoms with Gasteiger partial charge in [-0.1, -0.05) is 95.0 Å². The highest BCUT2D eigenvalue weighted by molar-refractivity contribution is 9.09. The normalized spacial score (nSPS) is 11.0. The third-order valence-corrected chi connectivity index (χ3v) is 6.43. The van der Waals surface area contributed by atoms with Gasteiger partial charge in [0.25, 0.3) is 0 Å². The van der Waals surface area contributed by atoms with Crippen LogP contribution in [0.25, 0.3) is 10.8 Å². The number of nitrogens with zero attached hydrogens (tertiary/aromatic N) is 1. The van der Waals surface area contributed by atoms with Gasteiger partial charge in [-0.25, -0.2) is 0 Å². The Morgan fingerprint density at radius 3 is 2.00 bits per heavy atom. The number of hydrogen-bond acceptors (Lipinski definition) is 1. The molecule has 4 rings (SSSR count). The molecule has 4 aromatic carbocycles. The van der Waals surface area contributed by atoms with E-state index >= 15 is 0 Å². The molecule has 0 fully saturated rings. The standard InChI is InChI=1S/C29H30BrN/c1-23-16-19-26(20-17-23)31(25-12-6-4-7-13-25)29-21-18-24(11-5-2-3-10-22-30)27-14-8-9-15-28(27)29/h4,6-9,12-21H,2-3,5,10-11,22H2,1H3. The SMILES string of the molecule is Cc1ccc(N(c2ccccc2)c2ccc(CCCCCCBr)c3ccccc23)cc1. The molecule has 2 heteroatoms. The van der Waals surface area contributed by atoms with Gasteiger partial charge in [-0.15, -0.1) is 0 Å². The Kier molecular flexibility index (Phi) is 7.43. The van der Waals surface area contributed by atoms with Crippen molar-refractivity contribution in [3.05, 3.63) is 102 Å². The highest BCUT2D eigenvalue weighted by Crippen LogP contribution is 2.39. The van der Waals surface area contributed by atoms with Crippen molar-refractivity contribution in [1.29, 1.82) is 0 Å². The molecule has 0 spiro atoms. The number of anilines is 3. The van der Waals surface area contributed by atoms with E-state index in [9.17, 15) is 0 Å². The highest BCUT2D eigenvalue weighted by Gasteiger charge is 2.16. The van der Waals surface area contributed by atoms with Crippen molar-refractivity contribution in [1.82, 2.24) is 0 Å². The molecule has 0 aliphatic rings. The lowest BCUT2D eigenvalue weighted by molar-refractivity contribution is 0.673. The zero-order chi connectivity index (χ0) is 21.5. The molecule has 0 saturated heterocycles. The number of hydrogen-bond donors (Lipinski definition) is 0. The van der Waals surface area contributed by atoms with Crippen molar-refractivity contribution >= 4 is 43.8 Å². The van der Waals surface area contributed by atoms with Crippen LogP contribution < -0.4 is 4.90 Å². The van der Waals surface area contributed by atoms with Crippen LogP contribution in [0.3, 0.4) is 0 Å². The number of aryl methyl sites for hydroxylation is 2. The van der Waals surface area contributed by atoms with Crippen LogP contribution in [0.1, 0.15) is 36.8 Å². The Balaban J connectivity index is 1.75. The molecular formula is C29H30BrN. The molecule has 0 unspecified atom stereocenters. The van der Waals surface area contributed by atoms with Gasteiger partial charge < -0.3 is 4.90 Å². The van der Waals surface area contributed by atoms with Crippen LogP contribution in [0, 0.1) is 6.92 Å². The fraction of sp³-hybridized carbons (Fsp3) is 0.241. The van der Waals surface area contributed by atoms with Crippen LogP contribution in [0.4, 0.5) is 17.1 Å². The molecule has 0 bridgehead atoms. The maximum atomic E-state index is 3.54. The highest BCUT2D eigenvalue weighted by atomic mass is 79.9. The third kappa shape index (κ3) is 5.19. The molecule has 1 nitrogen and oxygen atoms in total. The molecular weight excluding hydrogens is 442 g/mol. The molecule has 0 radical (unpaired) electrons. The van der Waals surface area contributed by atoms with E-state index in [0.29, 0.717) is 0 Å². The Hall–Kier alpha value is -2.58. The summed E-state index contributed by atoms with van der Waals surface area (Å²) < 4.78 is 0. The first-order valence-electron chi connectivity index (χ1n) is 11.3. The molecule has 0 aromatic heterocycles. The minimum absolute atomic E-state index is 1.11. The predicted molar refractivity (Wildman–Crippen MR) is 139 cm³/mol. The number of fused-ring (bicyclic) bond motifs is 1. The van der Waals surface area contributed by atoms with Gasteiger partial charge in [0, 0.05) is 22.1 Å². The number of para-hydroxylation sites is 1. The first-order valence-corrected chi connectivity index (χ1v) is 12.4. The topological polar surface area (TPSA) is 3.24 Å². The fourth-order valence-corrected chi connectivity index (χ4v) is 4.62. The molecule has 0 N–H and O–H groups in total. The van der Waals surface area contributed by atoms with E-state index in [1.807, 2.05) is 0 Å². The van der Waals surface area contributed by atoms with Gasteiger partial charge in [0.05, 0.1) is 5.69 Å². The smallest absolute Gasteiger partial charge is 0.0540 e. The lowest BCUT2D eigenvalue weighted by atomic mass is 9.97. The number of rotatable bonds is 9. The monoisotopic (exact) mass is 471 g/mol. The summed E-state index contributed by atoms with van der Waals surface area (Å²) in [6.45, 7) is 2.14. The van der Waals surface area contributed by atoms with E-state index in [1.54, 1.807) is 0 Å². The first kappa shape index (κ1) is 21.6. The quantitative estimate of drug-likeness (QED) is 0.173. The van der Waals surface area contributed by atoms with Gasteiger partial charge in [-0.3, -0.25) is 0 Å². The molecule has 0 atom stereocenters. The van der Waals surface area contributed by atoms with E-state index in [1.165, 1.54) is 64.6 Å². The van der Waals surface area contributed by atoms with Crippen molar-refractivity contribution in [3.63, 3.8) is 0 Å². The van der Waals surface area contributed by atoms with Crippen molar-refractivity contribution in [2.24, 2.45) is 0 Å². The van der Waals surface area contributed by atoms with Crippen LogP contribution in [-0.2, 0) is 6.42 Å². The van der Waals surface area contributed by atoms with E-state index in [4.69, 9.17) is 0 Å². The van der Waals surface area contributed by atoms with Gasteiger partial charge in [0.2, 0.25) is 0 Å². The number of benzene rings is 4. The lowest BCUT2D eigenvalue weighted by Crippen LogP contribution is -2.10. The van der Waals surface area contributed by atoms with Gasteiger partial charge >= 0.3 is 0 Å². The number of alkyl halides is 1. The second-order valence-corrected chi connectivity index (χ2v) is 8.94. The summed E-state index contributed by atoms with van der Waals surface area (Å²) in [5, 5.41) is 3.79.